The quantitative estimate of drug-likeness (QED) is 0.304. The van der Waals surface area contributed by atoms with Gasteiger partial charge in [0.15, 0.2) is 11.5 Å². The van der Waals surface area contributed by atoms with E-state index in [1.54, 1.807) is 36.4 Å². The van der Waals surface area contributed by atoms with Crippen molar-refractivity contribution in [1.82, 2.24) is 0 Å². The van der Waals surface area contributed by atoms with Crippen LogP contribution in [0.1, 0.15) is 5.56 Å². The number of nitriles is 1. The molecule has 0 saturated carbocycles. The van der Waals surface area contributed by atoms with E-state index in [4.69, 9.17) is 32.7 Å². The number of halogens is 3. The highest BCUT2D eigenvalue weighted by Gasteiger charge is 2.15. The van der Waals surface area contributed by atoms with Crippen molar-refractivity contribution >= 4 is 56.8 Å². The van der Waals surface area contributed by atoms with E-state index >= 15 is 0 Å². The van der Waals surface area contributed by atoms with Gasteiger partial charge in [0.2, 0.25) is 0 Å². The summed E-state index contributed by atoms with van der Waals surface area (Å²) in [6.45, 7) is 3.91. The van der Waals surface area contributed by atoms with Gasteiger partial charge in [-0.25, -0.2) is 0 Å². The van der Waals surface area contributed by atoms with Crippen LogP contribution in [0, 0.1) is 11.3 Å². The Morgan fingerprint density at radius 2 is 2.14 bits per heavy atom. The highest BCUT2D eigenvalue weighted by molar-refractivity contribution is 9.10. The van der Waals surface area contributed by atoms with E-state index in [1.165, 1.54) is 13.2 Å². The first-order valence-electron chi connectivity index (χ1n) is 7.89. The molecule has 0 bridgehead atoms. The summed E-state index contributed by atoms with van der Waals surface area (Å²) in [6, 6.07) is 10.1. The maximum atomic E-state index is 12.5. The second-order valence-corrected chi connectivity index (χ2v) is 7.00. The van der Waals surface area contributed by atoms with Crippen LogP contribution in [0.5, 0.6) is 11.5 Å². The Morgan fingerprint density at radius 1 is 1.39 bits per heavy atom. The molecule has 8 heteroatoms. The van der Waals surface area contributed by atoms with Gasteiger partial charge >= 0.3 is 0 Å². The van der Waals surface area contributed by atoms with Crippen molar-refractivity contribution in [2.45, 2.75) is 0 Å². The zero-order valence-electron chi connectivity index (χ0n) is 14.8. The number of hydrogen-bond donors (Lipinski definition) is 1. The minimum Gasteiger partial charge on any atom is -0.493 e. The van der Waals surface area contributed by atoms with Crippen molar-refractivity contribution in [3.8, 4) is 17.6 Å². The number of rotatable bonds is 7. The molecule has 0 unspecified atom stereocenters. The van der Waals surface area contributed by atoms with E-state index < -0.39 is 5.91 Å². The molecule has 0 heterocycles. The molecule has 1 N–H and O–H groups in total. The first-order valence-corrected chi connectivity index (χ1v) is 9.44. The summed E-state index contributed by atoms with van der Waals surface area (Å²) in [5, 5.41) is 12.5. The van der Waals surface area contributed by atoms with Crippen molar-refractivity contribution in [2.24, 2.45) is 0 Å². The molecule has 0 spiro atoms. The van der Waals surface area contributed by atoms with Gasteiger partial charge in [0.1, 0.15) is 18.2 Å². The predicted molar refractivity (Wildman–Crippen MR) is 115 cm³/mol. The molecular weight excluding hydrogens is 467 g/mol. The largest absolute Gasteiger partial charge is 0.493 e. The summed E-state index contributed by atoms with van der Waals surface area (Å²) < 4.78 is 11.5. The predicted octanol–water partition coefficient (Wildman–Crippen LogP) is 5.87. The van der Waals surface area contributed by atoms with E-state index in [2.05, 4.69) is 27.8 Å². The molecule has 2 aromatic carbocycles. The molecule has 0 saturated heterocycles. The minimum absolute atomic E-state index is 0.121. The lowest BCUT2D eigenvalue weighted by atomic mass is 10.1. The Kier molecular flexibility index (Phi) is 7.94. The molecule has 0 fully saturated rings. The van der Waals surface area contributed by atoms with Gasteiger partial charge in [-0.2, -0.15) is 5.26 Å². The van der Waals surface area contributed by atoms with E-state index in [1.807, 2.05) is 6.07 Å². The normalized spacial score (nSPS) is 10.8. The number of ether oxygens (including phenoxy) is 2. The number of anilines is 1. The molecular formula is C20H15BrCl2N2O3. The Balaban J connectivity index is 2.34. The molecule has 5 nitrogen and oxygen atoms in total. The smallest absolute Gasteiger partial charge is 0.266 e. The van der Waals surface area contributed by atoms with Gasteiger partial charge in [-0.3, -0.25) is 4.79 Å². The molecule has 0 radical (unpaired) electrons. The van der Waals surface area contributed by atoms with Crippen molar-refractivity contribution < 1.29 is 14.3 Å². The molecule has 0 atom stereocenters. The Bertz CT molecular complexity index is 984. The van der Waals surface area contributed by atoms with Crippen LogP contribution in [0.25, 0.3) is 6.08 Å². The van der Waals surface area contributed by atoms with Crippen LogP contribution in [0.2, 0.25) is 10.0 Å². The van der Waals surface area contributed by atoms with Crippen LogP contribution >= 0.6 is 39.1 Å². The Hall–Kier alpha value is -2.46. The average Bonchev–Trinajstić information content (AvgIpc) is 2.68. The second-order valence-electron chi connectivity index (χ2n) is 5.36. The molecule has 1 amide bonds. The lowest BCUT2D eigenvalue weighted by Gasteiger charge is -2.12. The van der Waals surface area contributed by atoms with E-state index in [0.717, 1.165) is 0 Å². The van der Waals surface area contributed by atoms with Crippen LogP contribution in [-0.4, -0.2) is 19.6 Å². The first kappa shape index (κ1) is 21.8. The Labute approximate surface area is 181 Å². The number of carbonyl (C=O) groups is 1. The summed E-state index contributed by atoms with van der Waals surface area (Å²) in [7, 11) is 1.50. The van der Waals surface area contributed by atoms with Gasteiger partial charge in [0, 0.05) is 0 Å². The molecule has 144 valence electrons. The van der Waals surface area contributed by atoms with Crippen LogP contribution in [0.15, 0.2) is 53.0 Å². The van der Waals surface area contributed by atoms with Crippen molar-refractivity contribution in [1.29, 1.82) is 5.26 Å². The SMILES string of the molecule is C=CCOc1c(Br)cc(/C=C(\C#N)C(=O)Nc2cccc(Cl)c2Cl)cc1OC. The second kappa shape index (κ2) is 10.2. The van der Waals surface area contributed by atoms with Gasteiger partial charge in [0.25, 0.3) is 5.91 Å². The average molecular weight is 482 g/mol. The number of nitrogens with one attached hydrogen (secondary N) is 1. The van der Waals surface area contributed by atoms with E-state index in [0.29, 0.717) is 38.9 Å². The molecule has 2 aromatic rings. The monoisotopic (exact) mass is 480 g/mol. The molecule has 0 aliphatic heterocycles. The lowest BCUT2D eigenvalue weighted by molar-refractivity contribution is -0.112. The maximum absolute atomic E-state index is 12.5. The number of carbonyl (C=O) groups excluding carboxylic acids is 1. The van der Waals surface area contributed by atoms with Gasteiger partial charge in [-0.05, 0) is 51.8 Å². The lowest BCUT2D eigenvalue weighted by Crippen LogP contribution is -2.13. The van der Waals surface area contributed by atoms with Crippen LogP contribution in [0.3, 0.4) is 0 Å². The van der Waals surface area contributed by atoms with Gasteiger partial charge < -0.3 is 14.8 Å². The maximum Gasteiger partial charge on any atom is 0.266 e. The highest BCUT2D eigenvalue weighted by atomic mass is 79.9. The summed E-state index contributed by atoms with van der Waals surface area (Å²) in [5.41, 5.74) is 0.760. The van der Waals surface area contributed by atoms with Gasteiger partial charge in [-0.1, -0.05) is 41.9 Å². The molecule has 0 aliphatic carbocycles. The number of hydrogen-bond acceptors (Lipinski definition) is 4. The number of benzene rings is 2. The highest BCUT2D eigenvalue weighted by Crippen LogP contribution is 2.37. The fraction of sp³-hybridized carbons (Fsp3) is 0.100. The summed E-state index contributed by atoms with van der Waals surface area (Å²) >= 11 is 15.4. The van der Waals surface area contributed by atoms with E-state index in [-0.39, 0.29) is 10.6 Å². The summed E-state index contributed by atoms with van der Waals surface area (Å²) in [4.78, 5) is 12.5. The fourth-order valence-electron chi connectivity index (χ4n) is 2.21. The zero-order chi connectivity index (χ0) is 20.7. The Morgan fingerprint density at radius 3 is 2.79 bits per heavy atom. The van der Waals surface area contributed by atoms with Crippen molar-refractivity contribution in [2.75, 3.05) is 19.0 Å². The third-order valence-corrected chi connectivity index (χ3v) is 4.88. The minimum atomic E-state index is -0.617. The first-order chi connectivity index (χ1) is 13.4. The van der Waals surface area contributed by atoms with E-state index in [9.17, 15) is 10.1 Å². The molecule has 0 aliphatic rings. The van der Waals surface area contributed by atoms with Crippen molar-refractivity contribution in [3.63, 3.8) is 0 Å². The number of methoxy groups -OCH3 is 1. The molecule has 28 heavy (non-hydrogen) atoms. The van der Waals surface area contributed by atoms with Crippen molar-refractivity contribution in [3.05, 3.63) is 68.6 Å². The van der Waals surface area contributed by atoms with Crippen LogP contribution in [0.4, 0.5) is 5.69 Å². The van der Waals surface area contributed by atoms with Crippen LogP contribution < -0.4 is 14.8 Å². The third-order valence-electron chi connectivity index (χ3n) is 3.47. The standard InChI is InChI=1S/C20H15BrCl2N2O3/c1-3-7-28-19-14(21)9-12(10-17(19)27-2)8-13(11-24)20(26)25-16-6-4-5-15(22)18(16)23/h3-6,8-10H,1,7H2,2H3,(H,25,26)/b13-8+. The number of amides is 1. The molecule has 2 rings (SSSR count). The van der Waals surface area contributed by atoms with Gasteiger partial charge in [-0.15, -0.1) is 0 Å². The third kappa shape index (κ3) is 5.29. The fourth-order valence-corrected chi connectivity index (χ4v) is 3.13. The van der Waals surface area contributed by atoms with Gasteiger partial charge in [0.05, 0.1) is 27.3 Å². The molecule has 0 aromatic heterocycles. The summed E-state index contributed by atoms with van der Waals surface area (Å²) in [6.07, 6.45) is 3.04. The number of nitrogens with zero attached hydrogens (tertiary/aromatic N) is 1. The summed E-state index contributed by atoms with van der Waals surface area (Å²) in [5.74, 6) is 0.319. The zero-order valence-corrected chi connectivity index (χ0v) is 17.9. The van der Waals surface area contributed by atoms with Crippen LogP contribution in [-0.2, 0) is 4.79 Å². The topological polar surface area (TPSA) is 71.3 Å².